The zero-order chi connectivity index (χ0) is 19.9. The van der Waals surface area contributed by atoms with Crippen molar-refractivity contribution in [3.05, 3.63) is 60.7 Å². The van der Waals surface area contributed by atoms with Crippen LogP contribution in [0.4, 0.5) is 0 Å². The maximum Gasteiger partial charge on any atom is 0.273 e. The summed E-state index contributed by atoms with van der Waals surface area (Å²) in [4.78, 5) is 16.2. The van der Waals surface area contributed by atoms with Gasteiger partial charge in [0.15, 0.2) is 23.3 Å². The van der Waals surface area contributed by atoms with E-state index in [0.717, 1.165) is 5.75 Å². The maximum atomic E-state index is 12.2. The summed E-state index contributed by atoms with van der Waals surface area (Å²) in [6.45, 7) is 1.81. The summed E-state index contributed by atoms with van der Waals surface area (Å²) < 4.78 is 18.7. The van der Waals surface area contributed by atoms with E-state index in [0.29, 0.717) is 44.2 Å². The van der Waals surface area contributed by atoms with E-state index in [1.54, 1.807) is 23.3 Å². The standard InChI is InChI=1S/C20H21N5O4/c26-20(22-9-4-10-27-15-5-3-8-21-11-15)17-13-25(24-23-17)12-16-14-28-18-6-1-2-7-19(18)29-16/h1-3,5-8,11,13,16H,4,9-10,12,14H2,(H,22,26)/t16-/m1/s1. The van der Waals surface area contributed by atoms with Crippen molar-refractivity contribution in [2.45, 2.75) is 19.1 Å². The molecule has 1 aliphatic rings. The van der Waals surface area contributed by atoms with Gasteiger partial charge in [-0.2, -0.15) is 0 Å². The van der Waals surface area contributed by atoms with Crippen molar-refractivity contribution in [3.63, 3.8) is 0 Å². The van der Waals surface area contributed by atoms with Crippen LogP contribution >= 0.6 is 0 Å². The second-order valence-corrected chi connectivity index (χ2v) is 6.47. The molecule has 0 saturated carbocycles. The molecule has 3 aromatic rings. The molecule has 4 rings (SSSR count). The topological polar surface area (TPSA) is 100 Å². The number of pyridine rings is 1. The number of nitrogens with one attached hydrogen (secondary N) is 1. The first-order valence-electron chi connectivity index (χ1n) is 9.37. The minimum absolute atomic E-state index is 0.202. The molecule has 0 radical (unpaired) electrons. The molecule has 9 nitrogen and oxygen atoms in total. The lowest BCUT2D eigenvalue weighted by Gasteiger charge is -2.26. The SMILES string of the molecule is O=C(NCCCOc1cccnc1)c1cn(C[C@@H]2COc3ccccc3O2)nn1. The van der Waals surface area contributed by atoms with Gasteiger partial charge in [-0.3, -0.25) is 9.78 Å². The molecule has 0 spiro atoms. The van der Waals surface area contributed by atoms with Crippen molar-refractivity contribution in [2.75, 3.05) is 19.8 Å². The second-order valence-electron chi connectivity index (χ2n) is 6.47. The van der Waals surface area contributed by atoms with Crippen LogP contribution in [0.3, 0.4) is 0 Å². The summed E-state index contributed by atoms with van der Waals surface area (Å²) in [5.41, 5.74) is 0.260. The summed E-state index contributed by atoms with van der Waals surface area (Å²) in [6.07, 6.45) is 5.41. The van der Waals surface area contributed by atoms with Crippen LogP contribution < -0.4 is 19.5 Å². The van der Waals surface area contributed by atoms with E-state index in [2.05, 4.69) is 20.6 Å². The molecule has 9 heteroatoms. The Hall–Kier alpha value is -3.62. The van der Waals surface area contributed by atoms with Crippen molar-refractivity contribution < 1.29 is 19.0 Å². The molecule has 29 heavy (non-hydrogen) atoms. The Labute approximate surface area is 167 Å². The van der Waals surface area contributed by atoms with E-state index >= 15 is 0 Å². The number of carbonyl (C=O) groups excluding carboxylic acids is 1. The minimum Gasteiger partial charge on any atom is -0.492 e. The molecule has 0 fully saturated rings. The van der Waals surface area contributed by atoms with Crippen molar-refractivity contribution in [1.29, 1.82) is 0 Å². The number of aromatic nitrogens is 4. The van der Waals surface area contributed by atoms with Crippen LogP contribution in [-0.2, 0) is 6.54 Å². The average Bonchev–Trinajstić information content (AvgIpc) is 3.22. The molecular formula is C20H21N5O4. The summed E-state index contributed by atoms with van der Waals surface area (Å²) in [6, 6.07) is 11.2. The molecule has 1 aliphatic heterocycles. The molecule has 1 amide bonds. The lowest BCUT2D eigenvalue weighted by molar-refractivity contribution is 0.0754. The monoisotopic (exact) mass is 395 g/mol. The molecule has 150 valence electrons. The number of amides is 1. The summed E-state index contributed by atoms with van der Waals surface area (Å²) in [5.74, 6) is 1.87. The quantitative estimate of drug-likeness (QED) is 0.580. The van der Waals surface area contributed by atoms with E-state index in [1.807, 2.05) is 36.4 Å². The van der Waals surface area contributed by atoms with Gasteiger partial charge in [-0.05, 0) is 30.7 Å². The highest BCUT2D eigenvalue weighted by molar-refractivity contribution is 5.91. The Balaban J connectivity index is 1.20. The molecule has 1 N–H and O–H groups in total. The number of benzene rings is 1. The Kier molecular flexibility index (Phi) is 5.84. The van der Waals surface area contributed by atoms with E-state index in [1.165, 1.54) is 0 Å². The third-order valence-corrected chi connectivity index (χ3v) is 4.24. The number of ether oxygens (including phenoxy) is 3. The predicted octanol–water partition coefficient (Wildman–Crippen LogP) is 1.71. The predicted molar refractivity (Wildman–Crippen MR) is 103 cm³/mol. The molecule has 3 heterocycles. The highest BCUT2D eigenvalue weighted by atomic mass is 16.6. The maximum absolute atomic E-state index is 12.2. The van der Waals surface area contributed by atoms with Gasteiger partial charge in [-0.25, -0.2) is 4.68 Å². The third kappa shape index (κ3) is 5.01. The van der Waals surface area contributed by atoms with Crippen LogP contribution in [0.5, 0.6) is 17.2 Å². The lowest BCUT2D eigenvalue weighted by atomic mass is 10.2. The number of fused-ring (bicyclic) bond motifs is 1. The number of hydrogen-bond acceptors (Lipinski definition) is 7. The largest absolute Gasteiger partial charge is 0.492 e. The van der Waals surface area contributed by atoms with Gasteiger partial charge in [0.1, 0.15) is 12.4 Å². The first-order chi connectivity index (χ1) is 14.3. The van der Waals surface area contributed by atoms with Gasteiger partial charge in [-0.1, -0.05) is 17.3 Å². The molecular weight excluding hydrogens is 374 g/mol. The minimum atomic E-state index is -0.274. The fraction of sp³-hybridized carbons (Fsp3) is 0.300. The summed E-state index contributed by atoms with van der Waals surface area (Å²) >= 11 is 0. The number of para-hydroxylation sites is 2. The van der Waals surface area contributed by atoms with Crippen LogP contribution in [-0.4, -0.2) is 51.7 Å². The van der Waals surface area contributed by atoms with E-state index in [9.17, 15) is 4.79 Å². The zero-order valence-electron chi connectivity index (χ0n) is 15.7. The van der Waals surface area contributed by atoms with Crippen molar-refractivity contribution in [1.82, 2.24) is 25.3 Å². The first-order valence-corrected chi connectivity index (χ1v) is 9.37. The Morgan fingerprint density at radius 3 is 3.00 bits per heavy atom. The Bertz CT molecular complexity index is 947. The molecule has 0 saturated heterocycles. The van der Waals surface area contributed by atoms with Crippen LogP contribution in [0.25, 0.3) is 0 Å². The molecule has 0 unspecified atom stereocenters. The number of nitrogens with zero attached hydrogens (tertiary/aromatic N) is 4. The average molecular weight is 395 g/mol. The molecule has 2 aromatic heterocycles. The van der Waals surface area contributed by atoms with Gasteiger partial charge in [0.05, 0.1) is 25.5 Å². The van der Waals surface area contributed by atoms with Crippen molar-refractivity contribution in [2.24, 2.45) is 0 Å². The van der Waals surface area contributed by atoms with Crippen LogP contribution in [0.1, 0.15) is 16.9 Å². The second kappa shape index (κ2) is 9.05. The smallest absolute Gasteiger partial charge is 0.273 e. The third-order valence-electron chi connectivity index (χ3n) is 4.24. The number of rotatable bonds is 8. The van der Waals surface area contributed by atoms with Gasteiger partial charge in [0.2, 0.25) is 0 Å². The summed E-state index contributed by atoms with van der Waals surface area (Å²) in [5, 5.41) is 10.8. The van der Waals surface area contributed by atoms with Gasteiger partial charge >= 0.3 is 0 Å². The fourth-order valence-corrected chi connectivity index (χ4v) is 2.84. The van der Waals surface area contributed by atoms with Gasteiger partial charge in [0, 0.05) is 12.7 Å². The van der Waals surface area contributed by atoms with Crippen LogP contribution in [0, 0.1) is 0 Å². The van der Waals surface area contributed by atoms with Crippen molar-refractivity contribution in [3.8, 4) is 17.2 Å². The molecule has 1 atom stereocenters. The fourth-order valence-electron chi connectivity index (χ4n) is 2.84. The van der Waals surface area contributed by atoms with Crippen LogP contribution in [0.2, 0.25) is 0 Å². The highest BCUT2D eigenvalue weighted by Gasteiger charge is 2.22. The summed E-state index contributed by atoms with van der Waals surface area (Å²) in [7, 11) is 0. The van der Waals surface area contributed by atoms with E-state index < -0.39 is 0 Å². The van der Waals surface area contributed by atoms with Crippen molar-refractivity contribution >= 4 is 5.91 Å². The Morgan fingerprint density at radius 1 is 1.24 bits per heavy atom. The van der Waals surface area contributed by atoms with Gasteiger partial charge in [-0.15, -0.1) is 5.10 Å². The lowest BCUT2D eigenvalue weighted by Crippen LogP contribution is -2.33. The van der Waals surface area contributed by atoms with E-state index in [4.69, 9.17) is 14.2 Å². The van der Waals surface area contributed by atoms with Crippen LogP contribution in [0.15, 0.2) is 55.0 Å². The van der Waals surface area contributed by atoms with E-state index in [-0.39, 0.29) is 17.7 Å². The van der Waals surface area contributed by atoms with Gasteiger partial charge < -0.3 is 19.5 Å². The van der Waals surface area contributed by atoms with Gasteiger partial charge in [0.25, 0.3) is 5.91 Å². The Morgan fingerprint density at radius 2 is 2.14 bits per heavy atom. The normalized spacial score (nSPS) is 15.0. The molecule has 1 aromatic carbocycles. The molecule has 0 aliphatic carbocycles. The zero-order valence-corrected chi connectivity index (χ0v) is 15.7. The molecule has 0 bridgehead atoms. The number of carbonyl (C=O) groups is 1. The number of hydrogen-bond donors (Lipinski definition) is 1. The first kappa shape index (κ1) is 18.7. The highest BCUT2D eigenvalue weighted by Crippen LogP contribution is 2.31.